The van der Waals surface area contributed by atoms with Crippen molar-refractivity contribution in [3.05, 3.63) is 78.1 Å². The number of nitrogens with one attached hydrogen (secondary N) is 1. The second kappa shape index (κ2) is 10.5. The van der Waals surface area contributed by atoms with Crippen LogP contribution in [0.2, 0.25) is 0 Å². The van der Waals surface area contributed by atoms with E-state index in [1.807, 2.05) is 11.5 Å². The van der Waals surface area contributed by atoms with Gasteiger partial charge in [0.15, 0.2) is 0 Å². The molecule has 40 heavy (non-hydrogen) atoms. The highest BCUT2D eigenvalue weighted by Crippen LogP contribution is 2.36. The van der Waals surface area contributed by atoms with Crippen LogP contribution in [0.4, 0.5) is 24.7 Å². The molecule has 1 aliphatic rings. The minimum atomic E-state index is -4.52. The second-order valence-electron chi connectivity index (χ2n) is 9.36. The van der Waals surface area contributed by atoms with Gasteiger partial charge in [0.1, 0.15) is 17.7 Å². The van der Waals surface area contributed by atoms with E-state index in [4.69, 9.17) is 9.47 Å². The molecular weight excluding hydrogens is 547 g/mol. The minimum Gasteiger partial charge on any atom is -0.497 e. The normalized spacial score (nSPS) is 15.1. The number of alkyl halides is 3. The number of pyridine rings is 1. The molecule has 0 saturated heterocycles. The Kier molecular flexibility index (Phi) is 7.19. The standard InChI is InChI=1S/C27H26F3N5O4S/c1-17-14-35-16-24(33-26(35)39-17)22-12-21(40(36,37)34(2)15-18-4-7-20(38-3)8-5-18)9-10-23(22)32-25-11-6-19(13-31-25)27(28,29)30/h4-13,16-17H,14-15H2,1-3H3,(H,31,32)/t17-/m0/s1. The van der Waals surface area contributed by atoms with Crippen LogP contribution in [0.1, 0.15) is 18.1 Å². The van der Waals surface area contributed by atoms with Gasteiger partial charge < -0.3 is 14.8 Å². The molecule has 1 aliphatic heterocycles. The monoisotopic (exact) mass is 573 g/mol. The van der Waals surface area contributed by atoms with Gasteiger partial charge in [0.05, 0.1) is 29.8 Å². The first kappa shape index (κ1) is 27.5. The van der Waals surface area contributed by atoms with E-state index >= 15 is 0 Å². The summed E-state index contributed by atoms with van der Waals surface area (Å²) in [5, 5.41) is 2.99. The molecule has 2 aromatic heterocycles. The fourth-order valence-corrected chi connectivity index (χ4v) is 5.46. The van der Waals surface area contributed by atoms with Crippen molar-refractivity contribution in [3.63, 3.8) is 0 Å². The van der Waals surface area contributed by atoms with Crippen molar-refractivity contribution in [2.24, 2.45) is 0 Å². The first-order valence-corrected chi connectivity index (χ1v) is 13.7. The van der Waals surface area contributed by atoms with E-state index < -0.39 is 21.8 Å². The van der Waals surface area contributed by atoms with Gasteiger partial charge in [0.25, 0.3) is 6.01 Å². The molecule has 2 aromatic carbocycles. The van der Waals surface area contributed by atoms with Crippen molar-refractivity contribution in [2.75, 3.05) is 19.5 Å². The fourth-order valence-electron chi connectivity index (χ4n) is 4.28. The quantitative estimate of drug-likeness (QED) is 0.305. The summed E-state index contributed by atoms with van der Waals surface area (Å²) >= 11 is 0. The molecular formula is C27H26F3N5O4S. The number of methoxy groups -OCH3 is 1. The van der Waals surface area contributed by atoms with Gasteiger partial charge in [0.2, 0.25) is 10.0 Å². The third-order valence-electron chi connectivity index (χ3n) is 6.39. The van der Waals surface area contributed by atoms with Crippen LogP contribution in [-0.2, 0) is 29.3 Å². The van der Waals surface area contributed by atoms with Crippen LogP contribution in [0.3, 0.4) is 0 Å². The maximum Gasteiger partial charge on any atom is 0.417 e. The third kappa shape index (κ3) is 5.61. The Morgan fingerprint density at radius 3 is 2.52 bits per heavy atom. The van der Waals surface area contributed by atoms with E-state index in [2.05, 4.69) is 15.3 Å². The number of aromatic nitrogens is 3. The number of fused-ring (bicyclic) bond motifs is 1. The molecule has 0 radical (unpaired) electrons. The van der Waals surface area contributed by atoms with Crippen molar-refractivity contribution in [1.29, 1.82) is 0 Å². The average Bonchev–Trinajstić information content (AvgIpc) is 3.46. The molecule has 5 rings (SSSR count). The van der Waals surface area contributed by atoms with Crippen molar-refractivity contribution in [1.82, 2.24) is 18.8 Å². The van der Waals surface area contributed by atoms with Crippen molar-refractivity contribution < 1.29 is 31.1 Å². The number of hydrogen-bond acceptors (Lipinski definition) is 7. The van der Waals surface area contributed by atoms with E-state index in [9.17, 15) is 21.6 Å². The lowest BCUT2D eigenvalue weighted by Gasteiger charge is -2.19. The summed E-state index contributed by atoms with van der Waals surface area (Å²) in [7, 11) is -0.894. The molecule has 210 valence electrons. The first-order valence-electron chi connectivity index (χ1n) is 12.2. The minimum absolute atomic E-state index is 0.0203. The van der Waals surface area contributed by atoms with Gasteiger partial charge in [-0.1, -0.05) is 12.1 Å². The Bertz CT molecular complexity index is 1600. The smallest absolute Gasteiger partial charge is 0.417 e. The topological polar surface area (TPSA) is 98.6 Å². The van der Waals surface area contributed by atoms with E-state index in [0.717, 1.165) is 17.8 Å². The van der Waals surface area contributed by atoms with Gasteiger partial charge >= 0.3 is 6.18 Å². The van der Waals surface area contributed by atoms with Crippen LogP contribution in [0.25, 0.3) is 11.3 Å². The number of nitrogens with zero attached hydrogens (tertiary/aromatic N) is 4. The second-order valence-corrected chi connectivity index (χ2v) is 11.4. The summed E-state index contributed by atoms with van der Waals surface area (Å²) in [6.07, 6.45) is -2.09. The van der Waals surface area contributed by atoms with Gasteiger partial charge in [-0.2, -0.15) is 22.5 Å². The zero-order valence-electron chi connectivity index (χ0n) is 21.8. The molecule has 0 bridgehead atoms. The Labute approximate surface area is 229 Å². The van der Waals surface area contributed by atoms with E-state index in [1.54, 1.807) is 37.6 Å². The largest absolute Gasteiger partial charge is 0.497 e. The van der Waals surface area contributed by atoms with E-state index in [1.165, 1.54) is 35.6 Å². The molecule has 9 nitrogen and oxygen atoms in total. The van der Waals surface area contributed by atoms with Gasteiger partial charge in [-0.25, -0.2) is 13.4 Å². The highest BCUT2D eigenvalue weighted by atomic mass is 32.2. The maximum atomic E-state index is 13.5. The number of sulfonamides is 1. The summed E-state index contributed by atoms with van der Waals surface area (Å²) in [5.74, 6) is 0.813. The number of hydrogen-bond donors (Lipinski definition) is 1. The number of benzene rings is 2. The van der Waals surface area contributed by atoms with Crippen molar-refractivity contribution in [2.45, 2.75) is 37.2 Å². The molecule has 0 unspecified atom stereocenters. The number of halogens is 3. The van der Waals surface area contributed by atoms with Gasteiger partial charge in [-0.3, -0.25) is 4.57 Å². The van der Waals surface area contributed by atoms with Gasteiger partial charge in [-0.05, 0) is 55.0 Å². The molecule has 1 N–H and O–H groups in total. The number of imidazole rings is 1. The number of anilines is 2. The SMILES string of the molecule is COc1ccc(CN(C)S(=O)(=O)c2ccc(Nc3ccc(C(F)(F)F)cn3)c(-c3cn4c(n3)O[C@@H](C)C4)c2)cc1. The Morgan fingerprint density at radius 1 is 1.15 bits per heavy atom. The molecule has 0 fully saturated rings. The molecule has 4 aromatic rings. The highest BCUT2D eigenvalue weighted by Gasteiger charge is 2.31. The van der Waals surface area contributed by atoms with Crippen LogP contribution in [0.15, 0.2) is 71.9 Å². The van der Waals surface area contributed by atoms with Crippen LogP contribution >= 0.6 is 0 Å². The number of ether oxygens (including phenoxy) is 2. The van der Waals surface area contributed by atoms with Gasteiger partial charge in [-0.15, -0.1) is 0 Å². The summed E-state index contributed by atoms with van der Waals surface area (Å²) < 4.78 is 79.9. The Balaban J connectivity index is 1.48. The summed E-state index contributed by atoms with van der Waals surface area (Å²) in [5.41, 5.74) is 1.16. The summed E-state index contributed by atoms with van der Waals surface area (Å²) in [6, 6.07) is 14.0. The third-order valence-corrected chi connectivity index (χ3v) is 8.19. The lowest BCUT2D eigenvalue weighted by molar-refractivity contribution is -0.137. The first-order chi connectivity index (χ1) is 18.9. The van der Waals surface area contributed by atoms with Crippen molar-refractivity contribution >= 4 is 21.5 Å². The Morgan fingerprint density at radius 2 is 1.90 bits per heavy atom. The Hall–Kier alpha value is -4.10. The molecule has 0 aliphatic carbocycles. The van der Waals surface area contributed by atoms with Crippen LogP contribution in [-0.4, -0.2) is 47.5 Å². The van der Waals surface area contributed by atoms with Crippen LogP contribution < -0.4 is 14.8 Å². The van der Waals surface area contributed by atoms with Crippen LogP contribution in [0, 0.1) is 0 Å². The van der Waals surface area contributed by atoms with E-state index in [-0.39, 0.29) is 23.4 Å². The predicted molar refractivity (Wildman–Crippen MR) is 142 cm³/mol. The zero-order chi connectivity index (χ0) is 28.7. The fraction of sp³-hybridized carbons (Fsp3) is 0.259. The number of rotatable bonds is 8. The van der Waals surface area contributed by atoms with Crippen LogP contribution in [0.5, 0.6) is 11.8 Å². The molecule has 0 amide bonds. The lowest BCUT2D eigenvalue weighted by atomic mass is 10.1. The zero-order valence-corrected chi connectivity index (χ0v) is 22.6. The van der Waals surface area contributed by atoms with Gasteiger partial charge in [0, 0.05) is 37.2 Å². The molecule has 0 saturated carbocycles. The lowest BCUT2D eigenvalue weighted by Crippen LogP contribution is -2.26. The molecule has 0 spiro atoms. The maximum absolute atomic E-state index is 13.5. The summed E-state index contributed by atoms with van der Waals surface area (Å²) in [4.78, 5) is 8.42. The molecule has 13 heteroatoms. The van der Waals surface area contributed by atoms with Crippen molar-refractivity contribution in [3.8, 4) is 23.0 Å². The molecule has 3 heterocycles. The predicted octanol–water partition coefficient (Wildman–Crippen LogP) is 5.32. The molecule has 1 atom stereocenters. The van der Waals surface area contributed by atoms with E-state index in [0.29, 0.717) is 35.2 Å². The average molecular weight is 574 g/mol. The summed E-state index contributed by atoms with van der Waals surface area (Å²) in [6.45, 7) is 2.61. The highest BCUT2D eigenvalue weighted by molar-refractivity contribution is 7.89.